The molecule has 4 rings (SSSR count). The number of amides is 1. The highest BCUT2D eigenvalue weighted by Gasteiger charge is 2.44. The second-order valence-electron chi connectivity index (χ2n) is 10.8. The predicted molar refractivity (Wildman–Crippen MR) is 147 cm³/mol. The molecule has 1 heterocycles. The molecule has 2 aromatic rings. The molecule has 1 aliphatic heterocycles. The van der Waals surface area contributed by atoms with Gasteiger partial charge in [-0.15, -0.1) is 0 Å². The van der Waals surface area contributed by atoms with E-state index < -0.39 is 5.60 Å². The number of unbranched alkanes of at least 4 members (excludes halogenated alkanes) is 1. The normalized spacial score (nSPS) is 23.6. The summed E-state index contributed by atoms with van der Waals surface area (Å²) in [4.78, 5) is 15.3. The van der Waals surface area contributed by atoms with Crippen LogP contribution in [0.5, 0.6) is 11.5 Å². The fraction of sp³-hybridized carbons (Fsp3) is 0.567. The lowest BCUT2D eigenvalue weighted by molar-refractivity contribution is -0.141. The first kappa shape index (κ1) is 27.9. The Morgan fingerprint density at radius 3 is 2.70 bits per heavy atom. The molecular formula is C30H41ClN2O4. The molecule has 0 radical (unpaired) electrons. The van der Waals surface area contributed by atoms with Crippen molar-refractivity contribution in [3.63, 3.8) is 0 Å². The zero-order chi connectivity index (χ0) is 26.4. The van der Waals surface area contributed by atoms with Crippen LogP contribution in [-0.4, -0.2) is 48.8 Å². The minimum absolute atomic E-state index is 0.00219. The SMILES string of the molecule is COCCCCC(O)(c1ccccc1Oc1c(C)cccc1Cl)[C@@H]1CCCN(C(=O)[C@@H]2CC[C@H](N)C2)C1. The Balaban J connectivity index is 1.63. The number of benzene rings is 2. The number of hydrogen-bond acceptors (Lipinski definition) is 5. The minimum atomic E-state index is -1.16. The number of carbonyl (C=O) groups excluding carboxylic acids is 1. The molecule has 6 nitrogen and oxygen atoms in total. The standard InChI is InChI=1S/C30H41ClN2O4/c1-21-9-7-12-26(31)28(21)37-27-13-4-3-11-25(27)30(35,16-5-6-18-36-2)23-10-8-17-33(20-23)29(34)22-14-15-24(32)19-22/h3-4,7,9,11-13,22-24,35H,5-6,8,10,14-20,32H2,1-2H3/t22-,23-,24+,30?/m1/s1. The van der Waals surface area contributed by atoms with Gasteiger partial charge in [0.15, 0.2) is 0 Å². The Hall–Kier alpha value is -2.12. The summed E-state index contributed by atoms with van der Waals surface area (Å²) in [5.41, 5.74) is 6.61. The first-order valence-corrected chi connectivity index (χ1v) is 14.0. The van der Waals surface area contributed by atoms with Crippen molar-refractivity contribution in [2.45, 2.75) is 69.9 Å². The lowest BCUT2D eigenvalue weighted by atomic mass is 9.73. The van der Waals surface area contributed by atoms with Gasteiger partial charge in [0.25, 0.3) is 0 Å². The maximum Gasteiger partial charge on any atom is 0.225 e. The third-order valence-corrected chi connectivity index (χ3v) is 8.41. The molecule has 4 atom stereocenters. The topological polar surface area (TPSA) is 85.0 Å². The molecule has 1 amide bonds. The summed E-state index contributed by atoms with van der Waals surface area (Å²) in [5, 5.41) is 13.0. The molecule has 2 aromatic carbocycles. The average Bonchev–Trinajstić information content (AvgIpc) is 3.35. The second-order valence-corrected chi connectivity index (χ2v) is 11.2. The van der Waals surface area contributed by atoms with E-state index in [1.165, 1.54) is 0 Å². The van der Waals surface area contributed by atoms with E-state index in [2.05, 4.69) is 0 Å². The van der Waals surface area contributed by atoms with Crippen LogP contribution >= 0.6 is 11.6 Å². The summed E-state index contributed by atoms with van der Waals surface area (Å²) < 4.78 is 11.7. The van der Waals surface area contributed by atoms with Crippen molar-refractivity contribution in [2.75, 3.05) is 26.8 Å². The summed E-state index contributed by atoms with van der Waals surface area (Å²) in [6, 6.07) is 13.5. The summed E-state index contributed by atoms with van der Waals surface area (Å²) in [6.45, 7) is 3.87. The van der Waals surface area contributed by atoms with Crippen LogP contribution in [-0.2, 0) is 15.1 Å². The molecule has 202 valence electrons. The van der Waals surface area contributed by atoms with Gasteiger partial charge in [-0.3, -0.25) is 4.79 Å². The molecule has 0 aromatic heterocycles. The van der Waals surface area contributed by atoms with Crippen LogP contribution in [0.3, 0.4) is 0 Å². The number of ether oxygens (including phenoxy) is 2. The molecule has 0 bridgehead atoms. The van der Waals surface area contributed by atoms with Gasteiger partial charge in [-0.05, 0) is 76.0 Å². The van der Waals surface area contributed by atoms with Gasteiger partial charge in [0, 0.05) is 50.2 Å². The van der Waals surface area contributed by atoms with Gasteiger partial charge in [-0.25, -0.2) is 0 Å². The van der Waals surface area contributed by atoms with Crippen molar-refractivity contribution in [1.29, 1.82) is 0 Å². The monoisotopic (exact) mass is 528 g/mol. The van der Waals surface area contributed by atoms with Crippen LogP contribution in [0.1, 0.15) is 62.5 Å². The number of nitrogens with zero attached hydrogens (tertiary/aromatic N) is 1. The first-order chi connectivity index (χ1) is 17.8. The van der Waals surface area contributed by atoms with Crippen LogP contribution in [0.2, 0.25) is 5.02 Å². The Bertz CT molecular complexity index is 1040. The number of methoxy groups -OCH3 is 1. The molecule has 37 heavy (non-hydrogen) atoms. The number of likely N-dealkylation sites (tertiary alicyclic amines) is 1. The van der Waals surface area contributed by atoms with E-state index in [1.807, 2.05) is 54.3 Å². The summed E-state index contributed by atoms with van der Waals surface area (Å²) >= 11 is 6.49. The van der Waals surface area contributed by atoms with E-state index in [-0.39, 0.29) is 23.8 Å². The minimum Gasteiger partial charge on any atom is -0.455 e. The largest absolute Gasteiger partial charge is 0.455 e. The summed E-state index contributed by atoms with van der Waals surface area (Å²) in [7, 11) is 1.70. The van der Waals surface area contributed by atoms with Crippen LogP contribution < -0.4 is 10.5 Å². The van der Waals surface area contributed by atoms with E-state index in [0.717, 1.165) is 62.6 Å². The highest BCUT2D eigenvalue weighted by Crippen LogP contribution is 2.45. The van der Waals surface area contributed by atoms with Crippen molar-refractivity contribution in [1.82, 2.24) is 4.90 Å². The molecule has 2 aliphatic rings. The Morgan fingerprint density at radius 1 is 1.16 bits per heavy atom. The molecule has 1 saturated carbocycles. The Morgan fingerprint density at radius 2 is 1.97 bits per heavy atom. The number of aryl methyl sites for hydroxylation is 1. The van der Waals surface area contributed by atoms with E-state index in [9.17, 15) is 9.90 Å². The van der Waals surface area contributed by atoms with Crippen molar-refractivity contribution in [2.24, 2.45) is 17.6 Å². The number of piperidine rings is 1. The number of hydrogen-bond donors (Lipinski definition) is 2. The number of rotatable bonds is 10. The second kappa shape index (κ2) is 12.6. The molecule has 2 fully saturated rings. The van der Waals surface area contributed by atoms with E-state index in [1.54, 1.807) is 7.11 Å². The lowest BCUT2D eigenvalue weighted by Crippen LogP contribution is -2.49. The van der Waals surface area contributed by atoms with Gasteiger partial charge >= 0.3 is 0 Å². The van der Waals surface area contributed by atoms with E-state index >= 15 is 0 Å². The van der Waals surface area contributed by atoms with Gasteiger partial charge in [-0.1, -0.05) is 41.9 Å². The molecule has 3 N–H and O–H groups in total. The molecule has 0 spiro atoms. The molecule has 7 heteroatoms. The van der Waals surface area contributed by atoms with Gasteiger partial charge in [-0.2, -0.15) is 0 Å². The highest BCUT2D eigenvalue weighted by molar-refractivity contribution is 6.32. The number of para-hydroxylation sites is 2. The van der Waals surface area contributed by atoms with Gasteiger partial charge < -0.3 is 25.2 Å². The van der Waals surface area contributed by atoms with Crippen molar-refractivity contribution in [3.8, 4) is 11.5 Å². The number of halogens is 1. The Kier molecular flexibility index (Phi) is 9.51. The Labute approximate surface area is 226 Å². The smallest absolute Gasteiger partial charge is 0.225 e. The average molecular weight is 529 g/mol. The number of nitrogens with two attached hydrogens (primary N) is 1. The van der Waals surface area contributed by atoms with E-state index in [0.29, 0.717) is 36.1 Å². The van der Waals surface area contributed by atoms with Crippen LogP contribution in [0.25, 0.3) is 0 Å². The maximum atomic E-state index is 13.4. The third kappa shape index (κ3) is 6.48. The first-order valence-electron chi connectivity index (χ1n) is 13.6. The molecule has 1 saturated heterocycles. The third-order valence-electron chi connectivity index (χ3n) is 8.12. The van der Waals surface area contributed by atoms with Gasteiger partial charge in [0.05, 0.1) is 10.6 Å². The summed E-state index contributed by atoms with van der Waals surface area (Å²) in [5.74, 6) is 1.27. The van der Waals surface area contributed by atoms with Crippen molar-refractivity contribution >= 4 is 17.5 Å². The van der Waals surface area contributed by atoms with E-state index in [4.69, 9.17) is 26.8 Å². The van der Waals surface area contributed by atoms with Crippen LogP contribution in [0, 0.1) is 18.8 Å². The fourth-order valence-electron chi connectivity index (χ4n) is 6.03. The van der Waals surface area contributed by atoms with Crippen molar-refractivity contribution < 1.29 is 19.4 Å². The van der Waals surface area contributed by atoms with Crippen LogP contribution in [0.4, 0.5) is 0 Å². The molecule has 1 unspecified atom stereocenters. The number of carbonyl (C=O) groups is 1. The summed E-state index contributed by atoms with van der Waals surface area (Å²) in [6.07, 6.45) is 6.43. The number of aliphatic hydroxyl groups is 1. The highest BCUT2D eigenvalue weighted by atomic mass is 35.5. The predicted octanol–water partition coefficient (Wildman–Crippen LogP) is 5.81. The molecular weight excluding hydrogens is 488 g/mol. The quantitative estimate of drug-likeness (QED) is 0.380. The van der Waals surface area contributed by atoms with Gasteiger partial charge in [0.1, 0.15) is 11.5 Å². The fourth-order valence-corrected chi connectivity index (χ4v) is 6.30. The maximum absolute atomic E-state index is 13.4. The van der Waals surface area contributed by atoms with Gasteiger partial charge in [0.2, 0.25) is 5.91 Å². The molecule has 1 aliphatic carbocycles. The van der Waals surface area contributed by atoms with Crippen LogP contribution in [0.15, 0.2) is 42.5 Å². The van der Waals surface area contributed by atoms with Crippen molar-refractivity contribution in [3.05, 3.63) is 58.6 Å². The lowest BCUT2D eigenvalue weighted by Gasteiger charge is -2.44. The zero-order valence-electron chi connectivity index (χ0n) is 22.1. The zero-order valence-corrected chi connectivity index (χ0v) is 22.9.